The van der Waals surface area contributed by atoms with Crippen molar-refractivity contribution < 1.29 is 9.18 Å². The lowest BCUT2D eigenvalue weighted by molar-refractivity contribution is 0.0705. The molecule has 1 amide bonds. The highest BCUT2D eigenvalue weighted by Crippen LogP contribution is 2.28. The Bertz CT molecular complexity index is 1070. The van der Waals surface area contributed by atoms with Crippen molar-refractivity contribution in [2.24, 2.45) is 7.05 Å². The third kappa shape index (κ3) is 4.42. The summed E-state index contributed by atoms with van der Waals surface area (Å²) in [6.45, 7) is 5.27. The number of rotatable bonds is 4. The van der Waals surface area contributed by atoms with E-state index in [4.69, 9.17) is 4.98 Å². The van der Waals surface area contributed by atoms with E-state index >= 15 is 0 Å². The molecule has 0 radical (unpaired) electrons. The molecule has 2 aromatic heterocycles. The first-order chi connectivity index (χ1) is 14.4. The van der Waals surface area contributed by atoms with Crippen LogP contribution in [0.5, 0.6) is 0 Å². The molecule has 0 aliphatic carbocycles. The fraction of sp³-hybridized carbons (Fsp3) is 0.375. The predicted octanol–water partition coefficient (Wildman–Crippen LogP) is 4.18. The van der Waals surface area contributed by atoms with Crippen molar-refractivity contribution in [3.05, 3.63) is 82.2 Å². The van der Waals surface area contributed by atoms with Gasteiger partial charge in [-0.05, 0) is 68.5 Å². The van der Waals surface area contributed by atoms with Gasteiger partial charge in [-0.2, -0.15) is 5.10 Å². The van der Waals surface area contributed by atoms with Crippen LogP contribution < -0.4 is 0 Å². The summed E-state index contributed by atoms with van der Waals surface area (Å²) in [7, 11) is 1.83. The highest BCUT2D eigenvalue weighted by atomic mass is 19.1. The van der Waals surface area contributed by atoms with Crippen molar-refractivity contribution in [3.8, 4) is 0 Å². The highest BCUT2D eigenvalue weighted by molar-refractivity contribution is 5.95. The molecule has 3 heterocycles. The van der Waals surface area contributed by atoms with Crippen LogP contribution in [0.4, 0.5) is 4.39 Å². The molecule has 1 saturated heterocycles. The quantitative estimate of drug-likeness (QED) is 0.653. The molecule has 6 heteroatoms. The number of pyridine rings is 1. The maximum absolute atomic E-state index is 13.6. The number of piperidine rings is 1. The summed E-state index contributed by atoms with van der Waals surface area (Å²) >= 11 is 0. The number of hydrogen-bond acceptors (Lipinski definition) is 3. The van der Waals surface area contributed by atoms with Gasteiger partial charge in [-0.25, -0.2) is 4.39 Å². The van der Waals surface area contributed by atoms with Crippen molar-refractivity contribution in [1.82, 2.24) is 19.7 Å². The summed E-state index contributed by atoms with van der Waals surface area (Å²) < 4.78 is 15.2. The number of carbonyl (C=O) groups excluding carboxylic acids is 1. The van der Waals surface area contributed by atoms with Crippen LogP contribution in [0.1, 0.15) is 57.3 Å². The van der Waals surface area contributed by atoms with Gasteiger partial charge in [-0.3, -0.25) is 14.5 Å². The molecule has 4 rings (SSSR count). The molecule has 1 fully saturated rings. The Morgan fingerprint density at radius 3 is 2.77 bits per heavy atom. The monoisotopic (exact) mass is 406 g/mol. The minimum atomic E-state index is -0.217. The van der Waals surface area contributed by atoms with Crippen LogP contribution in [0.2, 0.25) is 0 Å². The fourth-order valence-corrected chi connectivity index (χ4v) is 4.34. The van der Waals surface area contributed by atoms with Crippen LogP contribution in [-0.2, 0) is 13.5 Å². The first-order valence-electron chi connectivity index (χ1n) is 10.4. The number of nitrogens with zero attached hydrogens (tertiary/aromatic N) is 4. The number of carbonyl (C=O) groups is 1. The van der Waals surface area contributed by atoms with Crippen molar-refractivity contribution in [1.29, 1.82) is 0 Å². The van der Waals surface area contributed by atoms with Gasteiger partial charge in [-0.1, -0.05) is 12.1 Å². The van der Waals surface area contributed by atoms with Gasteiger partial charge in [-0.15, -0.1) is 0 Å². The molecule has 0 saturated carbocycles. The fourth-order valence-electron chi connectivity index (χ4n) is 4.34. The van der Waals surface area contributed by atoms with Gasteiger partial charge in [0.15, 0.2) is 0 Å². The molecule has 5 nitrogen and oxygen atoms in total. The number of aromatic nitrogens is 3. The van der Waals surface area contributed by atoms with Crippen LogP contribution in [0, 0.1) is 19.7 Å². The van der Waals surface area contributed by atoms with Gasteiger partial charge in [0.05, 0.1) is 11.3 Å². The number of likely N-dealkylation sites (tertiary alicyclic amines) is 1. The van der Waals surface area contributed by atoms with Crippen molar-refractivity contribution in [2.75, 3.05) is 13.1 Å². The largest absolute Gasteiger partial charge is 0.338 e. The lowest BCUT2D eigenvalue weighted by atomic mass is 9.92. The molecule has 0 spiro atoms. The van der Waals surface area contributed by atoms with E-state index in [1.165, 1.54) is 6.07 Å². The lowest BCUT2D eigenvalue weighted by Gasteiger charge is -2.32. The molecule has 0 bridgehead atoms. The number of benzene rings is 1. The standard InChI is InChI=1S/C24H27FN4O/c1-16-10-19(11-18-6-4-8-21(25)12-18)13-23(26-16)20-7-5-9-29(14-20)24(30)22-15-28(3)27-17(22)2/h4,6,8,10,12-13,15,20H,5,7,9,11,14H2,1-3H3/t20-/m1/s1. The zero-order chi connectivity index (χ0) is 21.3. The molecule has 30 heavy (non-hydrogen) atoms. The smallest absolute Gasteiger partial charge is 0.257 e. The second kappa shape index (κ2) is 8.38. The average Bonchev–Trinajstić information content (AvgIpc) is 3.05. The Hall–Kier alpha value is -3.02. The first-order valence-corrected chi connectivity index (χ1v) is 10.4. The number of aryl methyl sites for hydroxylation is 3. The van der Waals surface area contributed by atoms with E-state index in [2.05, 4.69) is 17.2 Å². The van der Waals surface area contributed by atoms with Gasteiger partial charge >= 0.3 is 0 Å². The molecule has 1 atom stereocenters. The van der Waals surface area contributed by atoms with Crippen molar-refractivity contribution in [2.45, 2.75) is 39.0 Å². The second-order valence-corrected chi connectivity index (χ2v) is 8.24. The highest BCUT2D eigenvalue weighted by Gasteiger charge is 2.28. The second-order valence-electron chi connectivity index (χ2n) is 8.24. The number of amides is 1. The third-order valence-electron chi connectivity index (χ3n) is 5.70. The zero-order valence-corrected chi connectivity index (χ0v) is 17.7. The molecular formula is C24H27FN4O. The number of halogens is 1. The van der Waals surface area contributed by atoms with Crippen LogP contribution in [0.3, 0.4) is 0 Å². The Morgan fingerprint density at radius 1 is 1.20 bits per heavy atom. The maximum Gasteiger partial charge on any atom is 0.257 e. The average molecular weight is 407 g/mol. The van der Waals surface area contributed by atoms with E-state index in [1.54, 1.807) is 23.0 Å². The van der Waals surface area contributed by atoms with Gasteiger partial charge in [0.2, 0.25) is 0 Å². The van der Waals surface area contributed by atoms with Crippen LogP contribution >= 0.6 is 0 Å². The minimum absolute atomic E-state index is 0.0398. The van der Waals surface area contributed by atoms with Crippen LogP contribution in [0.25, 0.3) is 0 Å². The van der Waals surface area contributed by atoms with Gasteiger partial charge in [0.25, 0.3) is 5.91 Å². The third-order valence-corrected chi connectivity index (χ3v) is 5.70. The van der Waals surface area contributed by atoms with Gasteiger partial charge in [0.1, 0.15) is 5.82 Å². The molecule has 1 aliphatic rings. The van der Waals surface area contributed by atoms with E-state index in [-0.39, 0.29) is 17.6 Å². The number of hydrogen-bond donors (Lipinski definition) is 0. The Kier molecular flexibility index (Phi) is 5.66. The Balaban J connectivity index is 1.54. The summed E-state index contributed by atoms with van der Waals surface area (Å²) in [6, 6.07) is 10.9. The van der Waals surface area contributed by atoms with E-state index in [0.29, 0.717) is 18.5 Å². The van der Waals surface area contributed by atoms with Crippen LogP contribution in [-0.4, -0.2) is 38.7 Å². The zero-order valence-electron chi connectivity index (χ0n) is 17.7. The molecule has 156 valence electrons. The first kappa shape index (κ1) is 20.3. The van der Waals surface area contributed by atoms with Crippen LogP contribution in [0.15, 0.2) is 42.6 Å². The summed E-state index contributed by atoms with van der Waals surface area (Å²) in [4.78, 5) is 19.7. The van der Waals surface area contributed by atoms with Gasteiger partial charge < -0.3 is 4.90 Å². The van der Waals surface area contributed by atoms with Gasteiger partial charge in [0, 0.05) is 43.6 Å². The predicted molar refractivity (Wildman–Crippen MR) is 114 cm³/mol. The minimum Gasteiger partial charge on any atom is -0.338 e. The Morgan fingerprint density at radius 2 is 2.03 bits per heavy atom. The molecule has 1 aliphatic heterocycles. The van der Waals surface area contributed by atoms with E-state index in [0.717, 1.165) is 47.6 Å². The normalized spacial score (nSPS) is 16.7. The van der Waals surface area contributed by atoms with E-state index < -0.39 is 0 Å². The SMILES string of the molecule is Cc1cc(Cc2cccc(F)c2)cc([C@@H]2CCCN(C(=O)c3cn(C)nc3C)C2)n1. The molecule has 0 unspecified atom stereocenters. The van der Waals surface area contributed by atoms with Crippen molar-refractivity contribution in [3.63, 3.8) is 0 Å². The summed E-state index contributed by atoms with van der Waals surface area (Å²) in [5.41, 5.74) is 5.46. The summed E-state index contributed by atoms with van der Waals surface area (Å²) in [5.74, 6) is 0.0226. The maximum atomic E-state index is 13.6. The summed E-state index contributed by atoms with van der Waals surface area (Å²) in [5, 5.41) is 4.30. The lowest BCUT2D eigenvalue weighted by Crippen LogP contribution is -2.39. The van der Waals surface area contributed by atoms with E-state index in [9.17, 15) is 9.18 Å². The van der Waals surface area contributed by atoms with Crippen molar-refractivity contribution >= 4 is 5.91 Å². The molecule has 0 N–H and O–H groups in total. The topological polar surface area (TPSA) is 51.0 Å². The molecule has 3 aromatic rings. The molecular weight excluding hydrogens is 379 g/mol. The Labute approximate surface area is 176 Å². The van der Waals surface area contributed by atoms with E-state index in [1.807, 2.05) is 31.9 Å². The summed E-state index contributed by atoms with van der Waals surface area (Å²) in [6.07, 6.45) is 4.41. The molecule has 1 aromatic carbocycles.